The van der Waals surface area contributed by atoms with Gasteiger partial charge in [0.05, 0.1) is 0 Å². The maximum Gasteiger partial charge on any atom is 0.00683 e. The summed E-state index contributed by atoms with van der Waals surface area (Å²) >= 11 is 0. The van der Waals surface area contributed by atoms with Crippen LogP contribution in [-0.4, -0.2) is 12.6 Å². The molecule has 1 heteroatoms. The van der Waals surface area contributed by atoms with Crippen LogP contribution in [0.1, 0.15) is 31.7 Å². The predicted molar refractivity (Wildman–Crippen MR) is 65.0 cm³/mol. The van der Waals surface area contributed by atoms with Gasteiger partial charge in [0.2, 0.25) is 0 Å². The third kappa shape index (κ3) is 4.05. The van der Waals surface area contributed by atoms with Crippen LogP contribution in [0.5, 0.6) is 0 Å². The molecule has 0 aromatic heterocycles. The van der Waals surface area contributed by atoms with E-state index in [9.17, 15) is 0 Å². The number of rotatable bonds is 6. The van der Waals surface area contributed by atoms with E-state index in [0.29, 0.717) is 0 Å². The highest BCUT2D eigenvalue weighted by Gasteiger charge is 2.20. The molecule has 0 spiro atoms. The molecule has 0 amide bonds. The quantitative estimate of drug-likeness (QED) is 0.749. The molecule has 1 aromatic rings. The van der Waals surface area contributed by atoms with Crippen molar-refractivity contribution in [3.63, 3.8) is 0 Å². The van der Waals surface area contributed by atoms with Gasteiger partial charge in [-0.2, -0.15) is 0 Å². The fourth-order valence-electron chi connectivity index (χ4n) is 1.82. The molecule has 1 saturated carbocycles. The second-order valence-corrected chi connectivity index (χ2v) is 4.81. The third-order valence-electron chi connectivity index (χ3n) is 3.10. The Morgan fingerprint density at radius 2 is 2.00 bits per heavy atom. The Morgan fingerprint density at radius 3 is 2.67 bits per heavy atom. The van der Waals surface area contributed by atoms with Gasteiger partial charge < -0.3 is 5.32 Å². The van der Waals surface area contributed by atoms with E-state index in [0.717, 1.165) is 12.0 Å². The van der Waals surface area contributed by atoms with Crippen LogP contribution in [0.25, 0.3) is 0 Å². The Labute approximate surface area is 92.9 Å². The molecule has 0 radical (unpaired) electrons. The Morgan fingerprint density at radius 1 is 1.27 bits per heavy atom. The standard InChI is InChI=1S/C14H21N/c1-12(11-15-14-9-10-14)7-8-13-5-3-2-4-6-13/h2-6,12,14-15H,7-11H2,1H3. The SMILES string of the molecule is CC(CCc1ccccc1)CNC1CC1. The summed E-state index contributed by atoms with van der Waals surface area (Å²) in [6.45, 7) is 3.54. The van der Waals surface area contributed by atoms with Crippen molar-refractivity contribution < 1.29 is 0 Å². The van der Waals surface area contributed by atoms with Crippen LogP contribution in [-0.2, 0) is 6.42 Å². The highest BCUT2D eigenvalue weighted by atomic mass is 14.9. The van der Waals surface area contributed by atoms with Gasteiger partial charge in [0, 0.05) is 6.04 Å². The van der Waals surface area contributed by atoms with Crippen LogP contribution in [0.2, 0.25) is 0 Å². The Bertz CT molecular complexity index is 277. The number of benzene rings is 1. The zero-order valence-electron chi connectivity index (χ0n) is 9.58. The van der Waals surface area contributed by atoms with Gasteiger partial charge in [0.15, 0.2) is 0 Å². The average molecular weight is 203 g/mol. The summed E-state index contributed by atoms with van der Waals surface area (Å²) in [7, 11) is 0. The lowest BCUT2D eigenvalue weighted by molar-refractivity contribution is 0.480. The van der Waals surface area contributed by atoms with Crippen LogP contribution in [0.3, 0.4) is 0 Å². The lowest BCUT2D eigenvalue weighted by Crippen LogP contribution is -2.23. The number of nitrogens with one attached hydrogen (secondary N) is 1. The fraction of sp³-hybridized carbons (Fsp3) is 0.571. The van der Waals surface area contributed by atoms with Gasteiger partial charge in [-0.05, 0) is 43.7 Å². The van der Waals surface area contributed by atoms with E-state index in [1.54, 1.807) is 0 Å². The molecule has 1 unspecified atom stereocenters. The van der Waals surface area contributed by atoms with Crippen molar-refractivity contribution in [1.29, 1.82) is 0 Å². The van der Waals surface area contributed by atoms with Crippen LogP contribution >= 0.6 is 0 Å². The van der Waals surface area contributed by atoms with Gasteiger partial charge in [-0.1, -0.05) is 37.3 Å². The Kier molecular flexibility index (Phi) is 3.79. The number of hydrogen-bond donors (Lipinski definition) is 1. The number of hydrogen-bond acceptors (Lipinski definition) is 1. The maximum atomic E-state index is 3.59. The van der Waals surface area contributed by atoms with Crippen LogP contribution in [0.4, 0.5) is 0 Å². The summed E-state index contributed by atoms with van der Waals surface area (Å²) < 4.78 is 0. The molecule has 0 bridgehead atoms. The molecule has 1 nitrogen and oxygen atoms in total. The minimum absolute atomic E-state index is 0.797. The first-order chi connectivity index (χ1) is 7.34. The molecule has 2 rings (SSSR count). The Hall–Kier alpha value is -0.820. The van der Waals surface area contributed by atoms with Gasteiger partial charge in [0.25, 0.3) is 0 Å². The molecular weight excluding hydrogens is 182 g/mol. The normalized spacial score (nSPS) is 17.7. The molecule has 15 heavy (non-hydrogen) atoms. The molecule has 1 aliphatic carbocycles. The van der Waals surface area contributed by atoms with Crippen molar-refractivity contribution in [2.24, 2.45) is 5.92 Å². The summed E-state index contributed by atoms with van der Waals surface area (Å²) in [5, 5.41) is 3.59. The minimum Gasteiger partial charge on any atom is -0.314 e. The zero-order valence-corrected chi connectivity index (χ0v) is 9.58. The molecule has 0 saturated heterocycles. The summed E-state index contributed by atoms with van der Waals surface area (Å²) in [5.74, 6) is 0.797. The van der Waals surface area contributed by atoms with Crippen molar-refractivity contribution in [1.82, 2.24) is 5.32 Å². The smallest absolute Gasteiger partial charge is 0.00683 e. The highest BCUT2D eigenvalue weighted by Crippen LogP contribution is 2.19. The highest BCUT2D eigenvalue weighted by molar-refractivity contribution is 5.14. The maximum absolute atomic E-state index is 3.59. The first kappa shape index (κ1) is 10.7. The lowest BCUT2D eigenvalue weighted by atomic mass is 10.0. The van der Waals surface area contributed by atoms with E-state index in [2.05, 4.69) is 42.6 Å². The van der Waals surface area contributed by atoms with E-state index in [-0.39, 0.29) is 0 Å². The minimum atomic E-state index is 0.797. The topological polar surface area (TPSA) is 12.0 Å². The van der Waals surface area contributed by atoms with Crippen molar-refractivity contribution in [3.8, 4) is 0 Å². The molecule has 1 aromatic carbocycles. The van der Waals surface area contributed by atoms with Gasteiger partial charge in [-0.25, -0.2) is 0 Å². The summed E-state index contributed by atoms with van der Waals surface area (Å²) in [4.78, 5) is 0. The fourth-order valence-corrected chi connectivity index (χ4v) is 1.82. The van der Waals surface area contributed by atoms with Gasteiger partial charge in [0.1, 0.15) is 0 Å². The van der Waals surface area contributed by atoms with Crippen molar-refractivity contribution in [2.75, 3.05) is 6.54 Å². The van der Waals surface area contributed by atoms with Gasteiger partial charge in [-0.3, -0.25) is 0 Å². The zero-order chi connectivity index (χ0) is 10.5. The molecule has 1 N–H and O–H groups in total. The van der Waals surface area contributed by atoms with Crippen molar-refractivity contribution >= 4 is 0 Å². The first-order valence-corrected chi connectivity index (χ1v) is 6.12. The average Bonchev–Trinajstić information content (AvgIpc) is 3.09. The second kappa shape index (κ2) is 5.32. The molecule has 0 heterocycles. The number of aryl methyl sites for hydroxylation is 1. The third-order valence-corrected chi connectivity index (χ3v) is 3.10. The van der Waals surface area contributed by atoms with E-state index in [1.807, 2.05) is 0 Å². The Balaban J connectivity index is 1.63. The summed E-state index contributed by atoms with van der Waals surface area (Å²) in [6, 6.07) is 11.6. The summed E-state index contributed by atoms with van der Waals surface area (Å²) in [6.07, 6.45) is 5.30. The first-order valence-electron chi connectivity index (χ1n) is 6.12. The monoisotopic (exact) mass is 203 g/mol. The van der Waals surface area contributed by atoms with Crippen LogP contribution in [0.15, 0.2) is 30.3 Å². The second-order valence-electron chi connectivity index (χ2n) is 4.81. The molecule has 1 aliphatic rings. The predicted octanol–water partition coefficient (Wildman–Crippen LogP) is 3.01. The van der Waals surface area contributed by atoms with Crippen molar-refractivity contribution in [3.05, 3.63) is 35.9 Å². The molecule has 0 aliphatic heterocycles. The van der Waals surface area contributed by atoms with E-state index in [4.69, 9.17) is 0 Å². The lowest BCUT2D eigenvalue weighted by Gasteiger charge is -2.11. The van der Waals surface area contributed by atoms with E-state index < -0.39 is 0 Å². The van der Waals surface area contributed by atoms with Crippen LogP contribution < -0.4 is 5.32 Å². The van der Waals surface area contributed by atoms with Crippen molar-refractivity contribution in [2.45, 2.75) is 38.6 Å². The summed E-state index contributed by atoms with van der Waals surface area (Å²) in [5.41, 5.74) is 1.47. The molecule has 1 fully saturated rings. The van der Waals surface area contributed by atoms with Crippen LogP contribution in [0, 0.1) is 5.92 Å². The van der Waals surface area contributed by atoms with Gasteiger partial charge >= 0.3 is 0 Å². The largest absolute Gasteiger partial charge is 0.314 e. The molecule has 1 atom stereocenters. The molecular formula is C14H21N. The molecule has 82 valence electrons. The van der Waals surface area contributed by atoms with E-state index in [1.165, 1.54) is 37.8 Å². The van der Waals surface area contributed by atoms with E-state index >= 15 is 0 Å². The van der Waals surface area contributed by atoms with Gasteiger partial charge in [-0.15, -0.1) is 0 Å².